The van der Waals surface area contributed by atoms with Crippen molar-refractivity contribution in [2.75, 3.05) is 31.3 Å². The van der Waals surface area contributed by atoms with Crippen LogP contribution in [-0.4, -0.2) is 37.4 Å². The second kappa shape index (κ2) is 7.76. The lowest BCUT2D eigenvalue weighted by Crippen LogP contribution is -2.22. The summed E-state index contributed by atoms with van der Waals surface area (Å²) in [6.07, 6.45) is 0. The van der Waals surface area contributed by atoms with Crippen LogP contribution in [0.25, 0.3) is 0 Å². The first kappa shape index (κ1) is 17.0. The third kappa shape index (κ3) is 5.39. The molecule has 0 saturated carbocycles. The second-order valence-electron chi connectivity index (χ2n) is 5.33. The van der Waals surface area contributed by atoms with Gasteiger partial charge in [0, 0.05) is 22.0 Å². The van der Waals surface area contributed by atoms with Gasteiger partial charge in [0.25, 0.3) is 0 Å². The Morgan fingerprint density at radius 1 is 1.00 bits per heavy atom. The maximum absolute atomic E-state index is 12.0. The van der Waals surface area contributed by atoms with Crippen molar-refractivity contribution in [1.29, 1.82) is 0 Å². The summed E-state index contributed by atoms with van der Waals surface area (Å²) in [4.78, 5) is 25.8. The Bertz CT molecular complexity index is 699. The molecule has 2 N–H and O–H groups in total. The van der Waals surface area contributed by atoms with Gasteiger partial charge in [0.05, 0.1) is 6.54 Å². The Morgan fingerprint density at radius 2 is 1.65 bits per heavy atom. The molecule has 0 atom stereocenters. The fourth-order valence-corrected chi connectivity index (χ4v) is 2.10. The van der Waals surface area contributed by atoms with Gasteiger partial charge < -0.3 is 15.5 Å². The van der Waals surface area contributed by atoms with E-state index in [-0.39, 0.29) is 11.8 Å². The molecule has 120 valence electrons. The Hall–Kier alpha value is -2.37. The molecule has 0 saturated heterocycles. The molecular weight excluding hydrogens is 314 g/mol. The number of hydrogen-bond donors (Lipinski definition) is 2. The average Bonchev–Trinajstić information content (AvgIpc) is 2.49. The van der Waals surface area contributed by atoms with Crippen LogP contribution in [0.2, 0.25) is 5.02 Å². The molecule has 2 aromatic carbocycles. The van der Waals surface area contributed by atoms with Crippen molar-refractivity contribution >= 4 is 34.8 Å². The van der Waals surface area contributed by atoms with E-state index in [1.54, 1.807) is 53.4 Å². The zero-order chi connectivity index (χ0) is 16.8. The highest BCUT2D eigenvalue weighted by Gasteiger charge is 2.09. The molecule has 0 fully saturated rings. The fourth-order valence-electron chi connectivity index (χ4n) is 1.98. The molecule has 0 unspecified atom stereocenters. The molecule has 0 aliphatic heterocycles. The smallest absolute Gasteiger partial charge is 0.308 e. The molecule has 5 nitrogen and oxygen atoms in total. The van der Waals surface area contributed by atoms with Gasteiger partial charge in [-0.05, 0) is 50.5 Å². The molecule has 0 bridgehead atoms. The minimum atomic E-state index is -0.385. The first-order valence-electron chi connectivity index (χ1n) is 7.05. The molecule has 2 aromatic rings. The lowest BCUT2D eigenvalue weighted by Gasteiger charge is -2.11. The average molecular weight is 332 g/mol. The predicted molar refractivity (Wildman–Crippen MR) is 93.4 cm³/mol. The van der Waals surface area contributed by atoms with Gasteiger partial charge >= 0.3 is 6.03 Å². The molecule has 23 heavy (non-hydrogen) atoms. The fraction of sp³-hybridized carbons (Fsp3) is 0.176. The SMILES string of the molecule is CN(C)CC(=O)c1cccc(NC(=O)Nc2ccc(Cl)cc2)c1. The van der Waals surface area contributed by atoms with Crippen molar-refractivity contribution in [3.05, 3.63) is 59.1 Å². The number of anilines is 2. The summed E-state index contributed by atoms with van der Waals surface area (Å²) in [6.45, 7) is 0.320. The summed E-state index contributed by atoms with van der Waals surface area (Å²) in [7, 11) is 3.67. The van der Waals surface area contributed by atoms with E-state index in [1.165, 1.54) is 0 Å². The number of nitrogens with zero attached hydrogens (tertiary/aromatic N) is 1. The lowest BCUT2D eigenvalue weighted by atomic mass is 10.1. The molecule has 2 rings (SSSR count). The molecule has 0 aliphatic rings. The number of benzene rings is 2. The number of amides is 2. The van der Waals surface area contributed by atoms with Gasteiger partial charge in [-0.25, -0.2) is 4.79 Å². The van der Waals surface area contributed by atoms with Gasteiger partial charge in [0.2, 0.25) is 0 Å². The van der Waals surface area contributed by atoms with Crippen molar-refractivity contribution in [1.82, 2.24) is 4.90 Å². The van der Waals surface area contributed by atoms with Crippen molar-refractivity contribution in [3.63, 3.8) is 0 Å². The lowest BCUT2D eigenvalue weighted by molar-refractivity contribution is 0.0958. The number of halogens is 1. The monoisotopic (exact) mass is 331 g/mol. The Kier molecular flexibility index (Phi) is 5.73. The van der Waals surface area contributed by atoms with E-state index < -0.39 is 0 Å². The summed E-state index contributed by atoms with van der Waals surface area (Å²) in [6, 6.07) is 13.3. The molecule has 0 aliphatic carbocycles. The number of likely N-dealkylation sites (N-methyl/N-ethyl adjacent to an activating group) is 1. The summed E-state index contributed by atoms with van der Waals surface area (Å²) >= 11 is 5.80. The van der Waals surface area contributed by atoms with Crippen LogP contribution in [0.1, 0.15) is 10.4 Å². The first-order chi connectivity index (χ1) is 10.9. The number of Topliss-reactive ketones (excluding diaryl/α,β-unsaturated/α-hetero) is 1. The van der Waals surface area contributed by atoms with Crippen molar-refractivity contribution < 1.29 is 9.59 Å². The standard InChI is InChI=1S/C17H18ClN3O2/c1-21(2)11-16(22)12-4-3-5-15(10-12)20-17(23)19-14-8-6-13(18)7-9-14/h3-10H,11H2,1-2H3,(H2,19,20,23). The minimum Gasteiger partial charge on any atom is -0.308 e. The number of rotatable bonds is 5. The maximum Gasteiger partial charge on any atom is 0.323 e. The predicted octanol–water partition coefficient (Wildman–Crippen LogP) is 3.73. The van der Waals surface area contributed by atoms with Gasteiger partial charge in [-0.3, -0.25) is 4.79 Å². The van der Waals surface area contributed by atoms with E-state index in [0.717, 1.165) is 0 Å². The highest BCUT2D eigenvalue weighted by Crippen LogP contribution is 2.15. The van der Waals surface area contributed by atoms with Crippen LogP contribution in [0.5, 0.6) is 0 Å². The topological polar surface area (TPSA) is 61.4 Å². The van der Waals surface area contributed by atoms with Crippen LogP contribution in [0.15, 0.2) is 48.5 Å². The van der Waals surface area contributed by atoms with Crippen LogP contribution in [-0.2, 0) is 0 Å². The maximum atomic E-state index is 12.0. The Labute approximate surface area is 140 Å². The Balaban J connectivity index is 2.00. The van der Waals surface area contributed by atoms with Gasteiger partial charge in [-0.1, -0.05) is 23.7 Å². The molecule has 2 amide bonds. The van der Waals surface area contributed by atoms with Crippen molar-refractivity contribution in [2.45, 2.75) is 0 Å². The number of carbonyl (C=O) groups is 2. The highest BCUT2D eigenvalue weighted by molar-refractivity contribution is 6.30. The van der Waals surface area contributed by atoms with Crippen molar-refractivity contribution in [3.8, 4) is 0 Å². The quantitative estimate of drug-likeness (QED) is 0.821. The number of urea groups is 1. The molecule has 0 aromatic heterocycles. The van der Waals surface area contributed by atoms with Crippen LogP contribution in [0.4, 0.5) is 16.2 Å². The normalized spacial score (nSPS) is 10.4. The van der Waals surface area contributed by atoms with E-state index in [4.69, 9.17) is 11.6 Å². The largest absolute Gasteiger partial charge is 0.323 e. The molecule has 0 spiro atoms. The van der Waals surface area contributed by atoms with Gasteiger partial charge in [0.15, 0.2) is 5.78 Å². The zero-order valence-electron chi connectivity index (χ0n) is 13.0. The second-order valence-corrected chi connectivity index (χ2v) is 5.76. The zero-order valence-corrected chi connectivity index (χ0v) is 13.7. The summed E-state index contributed by atoms with van der Waals surface area (Å²) < 4.78 is 0. The Morgan fingerprint density at radius 3 is 2.30 bits per heavy atom. The number of hydrogen-bond acceptors (Lipinski definition) is 3. The third-order valence-corrected chi connectivity index (χ3v) is 3.26. The molecular formula is C17H18ClN3O2. The molecule has 0 radical (unpaired) electrons. The molecule has 6 heteroatoms. The van der Waals surface area contributed by atoms with Crippen LogP contribution in [0, 0.1) is 0 Å². The number of carbonyl (C=O) groups excluding carboxylic acids is 2. The van der Waals surface area contributed by atoms with E-state index in [9.17, 15) is 9.59 Å². The van der Waals surface area contributed by atoms with Gasteiger partial charge in [0.1, 0.15) is 0 Å². The van der Waals surface area contributed by atoms with E-state index in [0.29, 0.717) is 28.5 Å². The summed E-state index contributed by atoms with van der Waals surface area (Å²) in [5.74, 6) is -0.00300. The van der Waals surface area contributed by atoms with E-state index in [1.807, 2.05) is 14.1 Å². The van der Waals surface area contributed by atoms with Crippen molar-refractivity contribution in [2.24, 2.45) is 0 Å². The van der Waals surface area contributed by atoms with Gasteiger partial charge in [-0.2, -0.15) is 0 Å². The van der Waals surface area contributed by atoms with Gasteiger partial charge in [-0.15, -0.1) is 0 Å². The molecule has 0 heterocycles. The number of ketones is 1. The highest BCUT2D eigenvalue weighted by atomic mass is 35.5. The summed E-state index contributed by atoms with van der Waals surface area (Å²) in [5, 5.41) is 6.00. The minimum absolute atomic E-state index is 0.00300. The third-order valence-electron chi connectivity index (χ3n) is 3.00. The van der Waals surface area contributed by atoms with Crippen LogP contribution in [0.3, 0.4) is 0 Å². The van der Waals surface area contributed by atoms with Crippen LogP contribution < -0.4 is 10.6 Å². The van der Waals surface area contributed by atoms with E-state index in [2.05, 4.69) is 10.6 Å². The number of nitrogens with one attached hydrogen (secondary N) is 2. The first-order valence-corrected chi connectivity index (χ1v) is 7.43. The van der Waals surface area contributed by atoms with Crippen LogP contribution >= 0.6 is 11.6 Å². The van der Waals surface area contributed by atoms with E-state index >= 15 is 0 Å². The summed E-state index contributed by atoms with van der Waals surface area (Å²) in [5.41, 5.74) is 1.75.